The second-order valence-electron chi connectivity index (χ2n) is 6.44. The second kappa shape index (κ2) is 8.04. The summed E-state index contributed by atoms with van der Waals surface area (Å²) in [4.78, 5) is 28.4. The zero-order chi connectivity index (χ0) is 17.6. The summed E-state index contributed by atoms with van der Waals surface area (Å²) in [6.07, 6.45) is -0.745. The van der Waals surface area contributed by atoms with Crippen molar-refractivity contribution in [1.29, 1.82) is 0 Å². The molecule has 0 rings (SSSR count). The maximum atomic E-state index is 11.9. The van der Waals surface area contributed by atoms with Crippen molar-refractivity contribution in [3.8, 4) is 0 Å². The van der Waals surface area contributed by atoms with Crippen molar-refractivity contribution in [2.24, 2.45) is 0 Å². The molecule has 126 valence electrons. The Morgan fingerprint density at radius 3 is 1.95 bits per heavy atom. The van der Waals surface area contributed by atoms with E-state index in [1.807, 2.05) is 0 Å². The van der Waals surface area contributed by atoms with Gasteiger partial charge in [-0.25, -0.2) is 9.59 Å². The van der Waals surface area contributed by atoms with Gasteiger partial charge in [-0.2, -0.15) is 0 Å². The van der Waals surface area contributed by atoms with Gasteiger partial charge in [0, 0.05) is 0 Å². The van der Waals surface area contributed by atoms with Crippen LogP contribution in [0.25, 0.3) is 0 Å². The third-order valence-electron chi connectivity index (χ3n) is 1.75. The van der Waals surface area contributed by atoms with Gasteiger partial charge in [0.15, 0.2) is 0 Å². The van der Waals surface area contributed by atoms with Crippen molar-refractivity contribution in [2.45, 2.75) is 52.7 Å². The van der Waals surface area contributed by atoms with E-state index in [2.05, 4.69) is 0 Å². The first-order valence-electron chi connectivity index (χ1n) is 6.74. The largest absolute Gasteiger partial charge is 0.534 e. The van der Waals surface area contributed by atoms with Crippen LogP contribution in [0.15, 0.2) is 12.1 Å². The normalized spacial score (nSPS) is 12.0. The summed E-state index contributed by atoms with van der Waals surface area (Å²) in [7, 11) is -1.68. The van der Waals surface area contributed by atoms with Gasteiger partial charge in [-0.15, -0.1) is 5.06 Å². The first-order valence-corrected chi connectivity index (χ1v) is 6.74. The van der Waals surface area contributed by atoms with Crippen LogP contribution in [0.3, 0.4) is 0 Å². The van der Waals surface area contributed by atoms with Crippen molar-refractivity contribution in [3.05, 3.63) is 12.1 Å². The molecule has 0 aromatic heterocycles. The van der Waals surface area contributed by atoms with Gasteiger partial charge in [-0.3, -0.25) is 4.84 Å². The molecule has 0 atom stereocenters. The average Bonchev–Trinajstić information content (AvgIpc) is 2.21. The molecule has 0 aromatic carbocycles. The molecule has 0 heterocycles. The quantitative estimate of drug-likeness (QED) is 0.463. The van der Waals surface area contributed by atoms with E-state index >= 15 is 0 Å². The molecule has 0 spiro atoms. The Bertz CT molecular complexity index is 410. The summed E-state index contributed by atoms with van der Waals surface area (Å²) in [6.45, 7) is 9.68. The van der Waals surface area contributed by atoms with Crippen molar-refractivity contribution in [2.75, 3.05) is 6.54 Å². The molecule has 0 aromatic rings. The molecule has 9 heteroatoms. The molecule has 0 fully saturated rings. The van der Waals surface area contributed by atoms with E-state index in [1.54, 1.807) is 41.5 Å². The second-order valence-corrected chi connectivity index (χ2v) is 6.44. The predicted octanol–water partition coefficient (Wildman–Crippen LogP) is 1.66. The molecule has 0 aliphatic carbocycles. The van der Waals surface area contributed by atoms with E-state index < -0.39 is 30.6 Å². The highest BCUT2D eigenvalue weighted by Gasteiger charge is 2.27. The number of nitrogens with zero attached hydrogens (tertiary/aromatic N) is 1. The Morgan fingerprint density at radius 1 is 1.05 bits per heavy atom. The topological polar surface area (TPSA) is 106 Å². The van der Waals surface area contributed by atoms with E-state index in [4.69, 9.17) is 24.4 Å². The van der Waals surface area contributed by atoms with Crippen molar-refractivity contribution in [3.63, 3.8) is 0 Å². The van der Waals surface area contributed by atoms with Gasteiger partial charge in [-0.05, 0) is 41.5 Å². The molecule has 2 N–H and O–H groups in total. The summed E-state index contributed by atoms with van der Waals surface area (Å²) in [6, 6.07) is 0. The Balaban J connectivity index is 4.85. The minimum Gasteiger partial charge on any atom is -0.442 e. The zero-order valence-electron chi connectivity index (χ0n) is 13.8. The van der Waals surface area contributed by atoms with E-state index in [1.165, 1.54) is 6.08 Å². The Hall–Kier alpha value is -1.74. The standard InChI is InChI=1S/C13H24BNO7/c1-12(2,3)20-10(16)15(9-7-8-14(18)19)22-11(17)21-13(4,5)6/h7-8,18-19H,9H2,1-6H3/b8-7+. The maximum Gasteiger partial charge on any atom is 0.534 e. The third kappa shape index (κ3) is 11.0. The number of hydrogen-bond acceptors (Lipinski definition) is 7. The number of hydroxylamine groups is 2. The van der Waals surface area contributed by atoms with Gasteiger partial charge in [0.2, 0.25) is 0 Å². The van der Waals surface area contributed by atoms with Crippen LogP contribution in [0.1, 0.15) is 41.5 Å². The first kappa shape index (κ1) is 20.3. The lowest BCUT2D eigenvalue weighted by Crippen LogP contribution is -2.40. The van der Waals surface area contributed by atoms with Crippen LogP contribution in [0, 0.1) is 0 Å². The predicted molar refractivity (Wildman–Crippen MR) is 79.6 cm³/mol. The molecule has 0 bridgehead atoms. The fourth-order valence-electron chi connectivity index (χ4n) is 1.10. The third-order valence-corrected chi connectivity index (χ3v) is 1.75. The van der Waals surface area contributed by atoms with Crippen LogP contribution in [0.4, 0.5) is 9.59 Å². The minimum absolute atomic E-state index is 0.230. The molecular weight excluding hydrogens is 293 g/mol. The molecule has 0 aliphatic heterocycles. The molecule has 0 radical (unpaired) electrons. The molecule has 0 saturated heterocycles. The summed E-state index contributed by atoms with van der Waals surface area (Å²) >= 11 is 0. The lowest BCUT2D eigenvalue weighted by atomic mass is 9.92. The van der Waals surface area contributed by atoms with Gasteiger partial charge >= 0.3 is 19.4 Å². The van der Waals surface area contributed by atoms with Gasteiger partial charge < -0.3 is 19.5 Å². The molecule has 0 aliphatic rings. The summed E-state index contributed by atoms with van der Waals surface area (Å²) in [5.74, 6) is 1.01. The van der Waals surface area contributed by atoms with Crippen LogP contribution < -0.4 is 0 Å². The fourth-order valence-corrected chi connectivity index (χ4v) is 1.10. The summed E-state index contributed by atoms with van der Waals surface area (Å²) in [5.41, 5.74) is -1.57. The first-order chi connectivity index (χ1) is 9.80. The molecule has 22 heavy (non-hydrogen) atoms. The van der Waals surface area contributed by atoms with E-state index in [0.717, 1.165) is 5.98 Å². The number of ether oxygens (including phenoxy) is 2. The van der Waals surface area contributed by atoms with Gasteiger partial charge in [0.25, 0.3) is 0 Å². The molecule has 0 saturated carbocycles. The van der Waals surface area contributed by atoms with Crippen LogP contribution in [0.2, 0.25) is 0 Å². The van der Waals surface area contributed by atoms with Gasteiger partial charge in [0.05, 0.1) is 6.54 Å². The summed E-state index contributed by atoms with van der Waals surface area (Å²) in [5, 5.41) is 18.1. The molecule has 8 nitrogen and oxygen atoms in total. The van der Waals surface area contributed by atoms with E-state index in [-0.39, 0.29) is 6.54 Å². The zero-order valence-corrected chi connectivity index (χ0v) is 13.8. The summed E-state index contributed by atoms with van der Waals surface area (Å²) < 4.78 is 10.0. The average molecular weight is 317 g/mol. The maximum absolute atomic E-state index is 11.9. The van der Waals surface area contributed by atoms with Gasteiger partial charge in [0.1, 0.15) is 11.2 Å². The minimum atomic E-state index is -1.68. The number of carbonyl (C=O) groups is 2. The lowest BCUT2D eigenvalue weighted by molar-refractivity contribution is -0.130. The van der Waals surface area contributed by atoms with Crippen LogP contribution in [0.5, 0.6) is 0 Å². The number of rotatable bonds is 3. The number of hydrogen-bond donors (Lipinski definition) is 2. The van der Waals surface area contributed by atoms with Crippen molar-refractivity contribution in [1.82, 2.24) is 5.06 Å². The van der Waals surface area contributed by atoms with E-state index in [9.17, 15) is 9.59 Å². The van der Waals surface area contributed by atoms with Gasteiger partial charge in [-0.1, -0.05) is 12.1 Å². The fraction of sp³-hybridized carbons (Fsp3) is 0.692. The number of amides is 1. The highest BCUT2D eigenvalue weighted by Crippen LogP contribution is 2.13. The van der Waals surface area contributed by atoms with Crippen LogP contribution >= 0.6 is 0 Å². The lowest BCUT2D eigenvalue weighted by Gasteiger charge is -2.26. The Kier molecular flexibility index (Phi) is 7.41. The molecular formula is C13H24BNO7. The smallest absolute Gasteiger partial charge is 0.442 e. The van der Waals surface area contributed by atoms with Crippen LogP contribution in [-0.4, -0.2) is 52.2 Å². The van der Waals surface area contributed by atoms with E-state index in [0.29, 0.717) is 5.06 Å². The SMILES string of the molecule is CC(C)(C)OC(=O)ON(C/C=C/B(O)O)C(=O)OC(C)(C)C. The monoisotopic (exact) mass is 317 g/mol. The highest BCUT2D eigenvalue weighted by atomic mass is 16.8. The Morgan fingerprint density at radius 2 is 1.55 bits per heavy atom. The van der Waals surface area contributed by atoms with Crippen molar-refractivity contribution >= 4 is 19.4 Å². The van der Waals surface area contributed by atoms with Crippen LogP contribution in [-0.2, 0) is 14.3 Å². The highest BCUT2D eigenvalue weighted by molar-refractivity contribution is 6.47. The molecule has 0 unspecified atom stereocenters. The van der Waals surface area contributed by atoms with Crippen molar-refractivity contribution < 1.29 is 33.9 Å². The molecule has 1 amide bonds. The Labute approximate surface area is 130 Å². The number of carbonyl (C=O) groups excluding carboxylic acids is 2.